The first-order valence-corrected chi connectivity index (χ1v) is 9.29. The van der Waals surface area contributed by atoms with Crippen molar-refractivity contribution in [1.29, 1.82) is 0 Å². The van der Waals surface area contributed by atoms with Gasteiger partial charge in [-0.25, -0.2) is 8.82 Å². The minimum atomic E-state index is -4.45. The lowest BCUT2D eigenvalue weighted by Gasteiger charge is -2.37. The molecule has 0 aromatic carbocycles. The van der Waals surface area contributed by atoms with E-state index >= 15 is 0 Å². The Morgan fingerprint density at radius 1 is 0.944 bits per heavy atom. The lowest BCUT2D eigenvalue weighted by Crippen LogP contribution is -2.45. The van der Waals surface area contributed by atoms with Crippen LogP contribution in [0.5, 0.6) is 0 Å². The highest BCUT2D eigenvalue weighted by Crippen LogP contribution is 2.58. The fourth-order valence-corrected chi connectivity index (χ4v) is 5.64. The number of rotatable bonds is 9. The van der Waals surface area contributed by atoms with E-state index in [0.717, 1.165) is 0 Å². The van der Waals surface area contributed by atoms with Crippen LogP contribution in [-0.2, 0) is 18.2 Å². The number of nitrogens with zero attached hydrogens (tertiary/aromatic N) is 1. The summed E-state index contributed by atoms with van der Waals surface area (Å²) < 4.78 is 33.6. The van der Waals surface area contributed by atoms with E-state index in [1.54, 1.807) is 27.7 Å². The van der Waals surface area contributed by atoms with Crippen molar-refractivity contribution in [2.24, 2.45) is 0 Å². The maximum Gasteiger partial charge on any atom is 0.526 e. The van der Waals surface area contributed by atoms with Gasteiger partial charge in [0.1, 0.15) is 0 Å². The minimum absolute atomic E-state index is 0.158. The van der Waals surface area contributed by atoms with Gasteiger partial charge in [0.25, 0.3) is 0 Å². The zero-order valence-electron chi connectivity index (χ0n) is 11.4. The van der Waals surface area contributed by atoms with Crippen LogP contribution in [0, 0.1) is 0 Å². The normalized spacial score (nSPS) is 13.9. The summed E-state index contributed by atoms with van der Waals surface area (Å²) in [7, 11) is -7.94. The first-order chi connectivity index (χ1) is 8.20. The molecule has 0 aliphatic rings. The van der Waals surface area contributed by atoms with Crippen LogP contribution in [0.3, 0.4) is 0 Å². The van der Waals surface area contributed by atoms with Crippen molar-refractivity contribution in [2.45, 2.75) is 27.7 Å². The molecule has 0 aromatic heterocycles. The van der Waals surface area contributed by atoms with Crippen LogP contribution in [0.1, 0.15) is 27.7 Å². The van der Waals surface area contributed by atoms with E-state index < -0.39 is 19.6 Å². The SMILES string of the molecule is CCOP(=O)(C[N+](CC)(CC)P(=O)(O)O)OCC. The van der Waals surface area contributed by atoms with Crippen molar-refractivity contribution < 1.29 is 32.2 Å². The van der Waals surface area contributed by atoms with Crippen molar-refractivity contribution >= 4 is 15.3 Å². The van der Waals surface area contributed by atoms with Crippen molar-refractivity contribution in [3.63, 3.8) is 0 Å². The molecule has 2 N–H and O–H groups in total. The van der Waals surface area contributed by atoms with Crippen LogP contribution >= 0.6 is 15.3 Å². The van der Waals surface area contributed by atoms with Crippen molar-refractivity contribution in [1.82, 2.24) is 0 Å². The Bertz CT molecular complexity index is 328. The zero-order valence-corrected chi connectivity index (χ0v) is 13.2. The molecule has 0 aliphatic heterocycles. The van der Waals surface area contributed by atoms with Crippen LogP contribution in [0.15, 0.2) is 0 Å². The van der Waals surface area contributed by atoms with Gasteiger partial charge < -0.3 is 9.05 Å². The molecule has 0 aromatic rings. The third-order valence-corrected chi connectivity index (χ3v) is 7.04. The molecule has 0 rings (SSSR count). The second-order valence-corrected chi connectivity index (χ2v) is 7.72. The molecule has 0 heterocycles. The number of hydrogen-bond donors (Lipinski definition) is 2. The van der Waals surface area contributed by atoms with Crippen LogP contribution in [0.4, 0.5) is 0 Å². The summed E-state index contributed by atoms with van der Waals surface area (Å²) in [5, 5.41) is 0. The largest absolute Gasteiger partial charge is 0.526 e. The first kappa shape index (κ1) is 18.3. The van der Waals surface area contributed by atoms with E-state index in [1.807, 2.05) is 0 Å². The lowest BCUT2D eigenvalue weighted by atomic mass is 10.6. The molecule has 0 aliphatic carbocycles. The minimum Gasteiger partial charge on any atom is -0.305 e. The lowest BCUT2D eigenvalue weighted by molar-refractivity contribution is -0.808. The summed E-state index contributed by atoms with van der Waals surface area (Å²) in [5.74, 6) is 0. The van der Waals surface area contributed by atoms with Crippen LogP contribution in [-0.4, -0.2) is 46.6 Å². The van der Waals surface area contributed by atoms with Gasteiger partial charge in [-0.15, -0.1) is 0 Å². The van der Waals surface area contributed by atoms with Gasteiger partial charge in [-0.1, -0.05) is 0 Å². The average molecular weight is 304 g/mol. The molecule has 9 heteroatoms. The molecule has 0 amide bonds. The van der Waals surface area contributed by atoms with Crippen LogP contribution in [0.25, 0.3) is 0 Å². The predicted octanol–water partition coefficient (Wildman–Crippen LogP) is 2.16. The van der Waals surface area contributed by atoms with E-state index in [1.165, 1.54) is 0 Å². The third-order valence-electron chi connectivity index (χ3n) is 2.82. The topological polar surface area (TPSA) is 93.1 Å². The molecule has 0 atom stereocenters. The fourth-order valence-electron chi connectivity index (χ4n) is 1.71. The highest BCUT2D eigenvalue weighted by Gasteiger charge is 2.49. The third kappa shape index (κ3) is 4.42. The molecular formula is C9H24NO6P2+. The molecule has 110 valence electrons. The molecule has 0 saturated heterocycles. The molecule has 18 heavy (non-hydrogen) atoms. The predicted molar refractivity (Wildman–Crippen MR) is 69.1 cm³/mol. The molecule has 0 fully saturated rings. The zero-order chi connectivity index (χ0) is 14.4. The Hall–Kier alpha value is 0.260. The second-order valence-electron chi connectivity index (χ2n) is 3.83. The standard InChI is InChI=1S/C9H23NO6P2/c1-5-10(6-2,18(12,13)14)9-17(11,15-7-3)16-8-4/h5-9H2,1-4H3,(H-,12,13,14)/p+1. The molecule has 7 nitrogen and oxygen atoms in total. The van der Waals surface area contributed by atoms with Gasteiger partial charge in [-0.3, -0.25) is 14.4 Å². The average Bonchev–Trinajstić information content (AvgIpc) is 2.25. The second kappa shape index (κ2) is 7.15. The summed E-state index contributed by atoms with van der Waals surface area (Å²) in [6.07, 6.45) is -0.314. The monoisotopic (exact) mass is 304 g/mol. The summed E-state index contributed by atoms with van der Waals surface area (Å²) in [5.41, 5.74) is 0. The van der Waals surface area contributed by atoms with Gasteiger partial charge in [0.15, 0.2) is 6.29 Å². The van der Waals surface area contributed by atoms with Crippen molar-refractivity contribution in [2.75, 3.05) is 32.6 Å². The fraction of sp³-hybridized carbons (Fsp3) is 1.00. The van der Waals surface area contributed by atoms with Crippen molar-refractivity contribution in [3.8, 4) is 0 Å². The maximum atomic E-state index is 12.4. The van der Waals surface area contributed by atoms with E-state index in [2.05, 4.69) is 0 Å². The van der Waals surface area contributed by atoms with E-state index in [9.17, 15) is 18.9 Å². The Morgan fingerprint density at radius 3 is 1.56 bits per heavy atom. The summed E-state index contributed by atoms with van der Waals surface area (Å²) in [4.78, 5) is 19.0. The summed E-state index contributed by atoms with van der Waals surface area (Å²) in [6, 6.07) is 0. The van der Waals surface area contributed by atoms with Gasteiger partial charge in [-0.05, 0) is 27.7 Å². The van der Waals surface area contributed by atoms with Gasteiger partial charge in [0.2, 0.25) is 0 Å². The van der Waals surface area contributed by atoms with Crippen molar-refractivity contribution in [3.05, 3.63) is 0 Å². The molecule has 0 saturated carbocycles. The molecule has 0 bridgehead atoms. The quantitative estimate of drug-likeness (QED) is 0.634. The first-order valence-electron chi connectivity index (χ1n) is 6.00. The maximum absolute atomic E-state index is 12.4. The summed E-state index contributed by atoms with van der Waals surface area (Å²) in [6.45, 7) is 7.27. The van der Waals surface area contributed by atoms with E-state index in [0.29, 0.717) is 0 Å². The number of hydrogen-bond acceptors (Lipinski definition) is 4. The van der Waals surface area contributed by atoms with Crippen LogP contribution < -0.4 is 0 Å². The number of quaternary nitrogens is 1. The van der Waals surface area contributed by atoms with Crippen LogP contribution in [0.2, 0.25) is 0 Å². The Kier molecular flexibility index (Phi) is 7.26. The van der Waals surface area contributed by atoms with Gasteiger partial charge in [0.05, 0.1) is 26.3 Å². The Morgan fingerprint density at radius 2 is 1.33 bits per heavy atom. The van der Waals surface area contributed by atoms with E-state index in [4.69, 9.17) is 9.05 Å². The molecular weight excluding hydrogens is 280 g/mol. The highest BCUT2D eigenvalue weighted by atomic mass is 31.2. The highest BCUT2D eigenvalue weighted by molar-refractivity contribution is 7.54. The van der Waals surface area contributed by atoms with Gasteiger partial charge in [0, 0.05) is 0 Å². The molecule has 0 radical (unpaired) electrons. The molecule has 0 unspecified atom stereocenters. The summed E-state index contributed by atoms with van der Waals surface area (Å²) >= 11 is 0. The molecule has 0 spiro atoms. The Balaban J connectivity index is 5.30. The Labute approximate surface area is 108 Å². The smallest absolute Gasteiger partial charge is 0.305 e. The van der Waals surface area contributed by atoms with Gasteiger partial charge >= 0.3 is 15.3 Å². The van der Waals surface area contributed by atoms with Gasteiger partial charge in [-0.2, -0.15) is 0 Å². The van der Waals surface area contributed by atoms with E-state index in [-0.39, 0.29) is 32.6 Å².